The predicted molar refractivity (Wildman–Crippen MR) is 108 cm³/mol. The van der Waals surface area contributed by atoms with E-state index in [2.05, 4.69) is 65.0 Å². The lowest BCUT2D eigenvalue weighted by molar-refractivity contribution is 0.369. The van der Waals surface area contributed by atoms with Gasteiger partial charge in [0.1, 0.15) is 5.76 Å². The van der Waals surface area contributed by atoms with Crippen molar-refractivity contribution in [1.82, 2.24) is 19.9 Å². The smallest absolute Gasteiger partial charge is 0.191 e. The number of nitrogens with zero attached hydrogens (tertiary/aromatic N) is 4. The molecule has 2 heterocycles. The lowest BCUT2D eigenvalue weighted by Gasteiger charge is -2.19. The van der Waals surface area contributed by atoms with Crippen LogP contribution in [0.4, 0.5) is 0 Å². The molecule has 0 radical (unpaired) electrons. The number of fused-ring (bicyclic) bond motifs is 1. The second kappa shape index (κ2) is 7.15. The van der Waals surface area contributed by atoms with E-state index in [1.807, 2.05) is 7.05 Å². The zero-order valence-corrected chi connectivity index (χ0v) is 17.3. The first-order chi connectivity index (χ1) is 12.9. The van der Waals surface area contributed by atoms with Gasteiger partial charge >= 0.3 is 0 Å². The van der Waals surface area contributed by atoms with Crippen LogP contribution in [-0.2, 0) is 31.1 Å². The van der Waals surface area contributed by atoms with E-state index in [1.54, 1.807) is 11.8 Å². The van der Waals surface area contributed by atoms with Gasteiger partial charge in [0.15, 0.2) is 11.0 Å². The van der Waals surface area contributed by atoms with Gasteiger partial charge < -0.3 is 9.09 Å². The quantitative estimate of drug-likeness (QED) is 0.598. The monoisotopic (exact) mass is 382 g/mol. The Kier molecular flexibility index (Phi) is 4.84. The third-order valence-electron chi connectivity index (χ3n) is 5.21. The minimum atomic E-state index is 0.149. The lowest BCUT2D eigenvalue weighted by Crippen LogP contribution is -2.10. The fourth-order valence-corrected chi connectivity index (χ4v) is 4.38. The van der Waals surface area contributed by atoms with Gasteiger partial charge in [-0.2, -0.15) is 0 Å². The summed E-state index contributed by atoms with van der Waals surface area (Å²) in [5.41, 5.74) is 4.93. The van der Waals surface area contributed by atoms with Crippen molar-refractivity contribution in [1.29, 1.82) is 0 Å². The molecule has 2 aromatic heterocycles. The Labute approximate surface area is 164 Å². The minimum Gasteiger partial charge on any atom is -0.361 e. The SMILES string of the molecule is Cn1c(SCc2noc3c2CCCC3)nnc1-c1ccc(C(C)(C)C)cc1. The van der Waals surface area contributed by atoms with Gasteiger partial charge in [0.25, 0.3) is 0 Å². The summed E-state index contributed by atoms with van der Waals surface area (Å²) in [5, 5.41) is 14.0. The summed E-state index contributed by atoms with van der Waals surface area (Å²) in [5.74, 6) is 2.74. The molecule has 4 rings (SSSR count). The molecule has 5 nitrogen and oxygen atoms in total. The first-order valence-electron chi connectivity index (χ1n) is 9.53. The second-order valence-electron chi connectivity index (χ2n) is 8.22. The van der Waals surface area contributed by atoms with Crippen LogP contribution in [0.25, 0.3) is 11.4 Å². The fourth-order valence-electron chi connectivity index (χ4n) is 3.51. The minimum absolute atomic E-state index is 0.149. The number of rotatable bonds is 4. The molecule has 6 heteroatoms. The van der Waals surface area contributed by atoms with Crippen LogP contribution >= 0.6 is 11.8 Å². The third kappa shape index (κ3) is 3.68. The van der Waals surface area contributed by atoms with E-state index in [-0.39, 0.29) is 5.41 Å². The van der Waals surface area contributed by atoms with Gasteiger partial charge in [-0.05, 0) is 30.2 Å². The predicted octanol–water partition coefficient (Wildman–Crippen LogP) is 4.94. The maximum Gasteiger partial charge on any atom is 0.191 e. The number of thioether (sulfide) groups is 1. The molecule has 1 aliphatic carbocycles. The van der Waals surface area contributed by atoms with Crippen LogP contribution in [0.3, 0.4) is 0 Å². The number of benzene rings is 1. The number of aromatic nitrogens is 4. The summed E-state index contributed by atoms with van der Waals surface area (Å²) in [7, 11) is 2.02. The normalized spacial score (nSPS) is 14.4. The van der Waals surface area contributed by atoms with Crippen LogP contribution < -0.4 is 0 Å². The highest BCUT2D eigenvalue weighted by Gasteiger charge is 2.20. The van der Waals surface area contributed by atoms with Crippen molar-refractivity contribution in [2.24, 2.45) is 7.05 Å². The van der Waals surface area contributed by atoms with E-state index >= 15 is 0 Å². The van der Waals surface area contributed by atoms with Crippen molar-refractivity contribution in [2.75, 3.05) is 0 Å². The molecule has 0 amide bonds. The van der Waals surface area contributed by atoms with Gasteiger partial charge in [0.2, 0.25) is 0 Å². The molecule has 0 saturated heterocycles. The maximum absolute atomic E-state index is 5.51. The Hall–Kier alpha value is -2.08. The van der Waals surface area contributed by atoms with Crippen molar-refractivity contribution in [2.45, 2.75) is 62.8 Å². The van der Waals surface area contributed by atoms with E-state index in [4.69, 9.17) is 4.52 Å². The Balaban J connectivity index is 1.50. The summed E-state index contributed by atoms with van der Waals surface area (Å²) >= 11 is 1.67. The van der Waals surface area contributed by atoms with Gasteiger partial charge in [0, 0.05) is 30.3 Å². The van der Waals surface area contributed by atoms with Gasteiger partial charge in [-0.3, -0.25) is 0 Å². The zero-order valence-electron chi connectivity index (χ0n) is 16.5. The molecule has 1 aliphatic rings. The molecular weight excluding hydrogens is 356 g/mol. The molecule has 0 atom stereocenters. The highest BCUT2D eigenvalue weighted by atomic mass is 32.2. The summed E-state index contributed by atoms with van der Waals surface area (Å²) in [6.45, 7) is 6.67. The van der Waals surface area contributed by atoms with E-state index in [0.29, 0.717) is 0 Å². The van der Waals surface area contributed by atoms with Crippen LogP contribution in [-0.4, -0.2) is 19.9 Å². The molecule has 0 fully saturated rings. The average molecular weight is 383 g/mol. The number of aryl methyl sites for hydroxylation is 1. The highest BCUT2D eigenvalue weighted by molar-refractivity contribution is 7.98. The average Bonchev–Trinajstić information content (AvgIpc) is 3.23. The summed E-state index contributed by atoms with van der Waals surface area (Å²) < 4.78 is 7.57. The molecule has 0 spiro atoms. The Morgan fingerprint density at radius 1 is 1.07 bits per heavy atom. The Morgan fingerprint density at radius 3 is 2.56 bits per heavy atom. The second-order valence-corrected chi connectivity index (χ2v) is 9.16. The van der Waals surface area contributed by atoms with Gasteiger partial charge in [0.05, 0.1) is 5.69 Å². The molecular formula is C21H26N4OS. The Morgan fingerprint density at radius 2 is 1.81 bits per heavy atom. The summed E-state index contributed by atoms with van der Waals surface area (Å²) in [6, 6.07) is 8.62. The topological polar surface area (TPSA) is 56.7 Å². The van der Waals surface area contributed by atoms with Gasteiger partial charge in [-0.15, -0.1) is 10.2 Å². The van der Waals surface area contributed by atoms with Crippen molar-refractivity contribution >= 4 is 11.8 Å². The highest BCUT2D eigenvalue weighted by Crippen LogP contribution is 2.30. The van der Waals surface area contributed by atoms with Crippen molar-refractivity contribution in [3.63, 3.8) is 0 Å². The van der Waals surface area contributed by atoms with Crippen molar-refractivity contribution in [3.8, 4) is 11.4 Å². The molecule has 142 valence electrons. The van der Waals surface area contributed by atoms with Gasteiger partial charge in [-0.1, -0.05) is 62.0 Å². The van der Waals surface area contributed by atoms with Crippen LogP contribution in [0.5, 0.6) is 0 Å². The lowest BCUT2D eigenvalue weighted by atomic mass is 9.87. The van der Waals surface area contributed by atoms with Gasteiger partial charge in [-0.25, -0.2) is 0 Å². The molecule has 1 aromatic carbocycles. The summed E-state index contributed by atoms with van der Waals surface area (Å²) in [6.07, 6.45) is 4.53. The fraction of sp³-hybridized carbons (Fsp3) is 0.476. The maximum atomic E-state index is 5.51. The molecule has 0 saturated carbocycles. The van der Waals surface area contributed by atoms with Crippen LogP contribution in [0.1, 0.15) is 56.2 Å². The molecule has 27 heavy (non-hydrogen) atoms. The van der Waals surface area contributed by atoms with Crippen molar-refractivity contribution < 1.29 is 4.52 Å². The van der Waals surface area contributed by atoms with Crippen LogP contribution in [0.2, 0.25) is 0 Å². The van der Waals surface area contributed by atoms with E-state index in [9.17, 15) is 0 Å². The largest absolute Gasteiger partial charge is 0.361 e. The van der Waals surface area contributed by atoms with E-state index in [1.165, 1.54) is 24.0 Å². The van der Waals surface area contributed by atoms with Crippen molar-refractivity contribution in [3.05, 3.63) is 46.8 Å². The first kappa shape index (κ1) is 18.3. The van der Waals surface area contributed by atoms with Crippen LogP contribution in [0, 0.1) is 0 Å². The number of hydrogen-bond donors (Lipinski definition) is 0. The standard InChI is InChI=1S/C21H26N4OS/c1-21(2,3)15-11-9-14(10-12-15)19-22-23-20(25(19)4)27-13-17-16-7-5-6-8-18(16)26-24-17/h9-12H,5-8,13H2,1-4H3. The molecule has 3 aromatic rings. The summed E-state index contributed by atoms with van der Waals surface area (Å²) in [4.78, 5) is 0. The van der Waals surface area contributed by atoms with Crippen LogP contribution in [0.15, 0.2) is 33.9 Å². The first-order valence-corrected chi connectivity index (χ1v) is 10.5. The Bertz CT molecular complexity index is 934. The van der Waals surface area contributed by atoms with E-state index in [0.717, 1.165) is 46.6 Å². The molecule has 0 unspecified atom stereocenters. The number of hydrogen-bond acceptors (Lipinski definition) is 5. The molecule has 0 bridgehead atoms. The zero-order chi connectivity index (χ0) is 19.0. The molecule has 0 aliphatic heterocycles. The molecule has 0 N–H and O–H groups in total. The third-order valence-corrected chi connectivity index (χ3v) is 6.25. The van der Waals surface area contributed by atoms with E-state index < -0.39 is 0 Å².